The summed E-state index contributed by atoms with van der Waals surface area (Å²) >= 11 is 7.22. The third-order valence-electron chi connectivity index (χ3n) is 3.58. The van der Waals surface area contributed by atoms with Gasteiger partial charge in [0.05, 0.1) is 5.60 Å². The maximum absolute atomic E-state index is 10.5. The lowest BCUT2D eigenvalue weighted by Crippen LogP contribution is -2.42. The number of halogens is 1. The Morgan fingerprint density at radius 3 is 2.59 bits per heavy atom. The predicted molar refractivity (Wildman–Crippen MR) is 72.8 cm³/mol. The average Bonchev–Trinajstić information content (AvgIpc) is 2.67. The molecule has 96 valence electrons. The van der Waals surface area contributed by atoms with Gasteiger partial charge in [-0.25, -0.2) is 4.98 Å². The number of rotatable bonds is 3. The first-order valence-electron chi connectivity index (χ1n) is 5.96. The number of nitrogens with one attached hydrogen (secondary N) is 1. The molecule has 0 unspecified atom stereocenters. The van der Waals surface area contributed by atoms with Gasteiger partial charge in [-0.2, -0.15) is 0 Å². The third kappa shape index (κ3) is 3.57. The Morgan fingerprint density at radius 1 is 1.41 bits per heavy atom. The van der Waals surface area contributed by atoms with Crippen LogP contribution >= 0.6 is 22.9 Å². The minimum absolute atomic E-state index is 0.372. The van der Waals surface area contributed by atoms with Crippen molar-refractivity contribution in [1.29, 1.82) is 0 Å². The number of aliphatic hydroxyl groups is 1. The van der Waals surface area contributed by atoms with Crippen molar-refractivity contribution in [3.05, 3.63) is 10.5 Å². The Kier molecular flexibility index (Phi) is 3.66. The Hall–Kier alpha value is -0.320. The molecule has 0 radical (unpaired) electrons. The van der Waals surface area contributed by atoms with Crippen molar-refractivity contribution in [3.8, 4) is 0 Å². The first kappa shape index (κ1) is 13.1. The molecule has 1 fully saturated rings. The van der Waals surface area contributed by atoms with Crippen LogP contribution in [0.3, 0.4) is 0 Å². The summed E-state index contributed by atoms with van der Waals surface area (Å²) in [6.45, 7) is 5.09. The number of anilines is 1. The second kappa shape index (κ2) is 4.75. The van der Waals surface area contributed by atoms with E-state index < -0.39 is 5.60 Å². The second-order valence-corrected chi connectivity index (χ2v) is 6.96. The molecule has 0 amide bonds. The Morgan fingerprint density at radius 2 is 2.06 bits per heavy atom. The molecule has 1 aliphatic rings. The molecule has 0 bridgehead atoms. The standard InChI is InChI=1S/C12H19ClN2OS/c1-11(2)3-5-12(16,6-4-11)8-14-10-15-9(13)7-17-10/h7,16H,3-6,8H2,1-2H3,(H,14,15). The fourth-order valence-corrected chi connectivity index (χ4v) is 2.98. The van der Waals surface area contributed by atoms with Crippen LogP contribution in [0.25, 0.3) is 0 Å². The van der Waals surface area contributed by atoms with Gasteiger partial charge in [-0.1, -0.05) is 25.4 Å². The largest absolute Gasteiger partial charge is 0.388 e. The van der Waals surface area contributed by atoms with Gasteiger partial charge in [-0.05, 0) is 31.1 Å². The predicted octanol–water partition coefficient (Wildman–Crippen LogP) is 3.54. The lowest BCUT2D eigenvalue weighted by atomic mass is 9.71. The van der Waals surface area contributed by atoms with E-state index in [1.807, 2.05) is 0 Å². The molecule has 0 spiro atoms. The molecule has 1 heterocycles. The topological polar surface area (TPSA) is 45.1 Å². The molecule has 0 saturated heterocycles. The first-order chi connectivity index (χ1) is 7.89. The van der Waals surface area contributed by atoms with Crippen LogP contribution in [-0.2, 0) is 0 Å². The van der Waals surface area contributed by atoms with Crippen LogP contribution < -0.4 is 5.32 Å². The molecule has 0 aromatic carbocycles. The first-order valence-corrected chi connectivity index (χ1v) is 7.22. The van der Waals surface area contributed by atoms with Crippen molar-refractivity contribution >= 4 is 28.1 Å². The van der Waals surface area contributed by atoms with Crippen molar-refractivity contribution < 1.29 is 5.11 Å². The van der Waals surface area contributed by atoms with Crippen LogP contribution in [0.5, 0.6) is 0 Å². The van der Waals surface area contributed by atoms with Crippen molar-refractivity contribution in [2.45, 2.75) is 45.1 Å². The van der Waals surface area contributed by atoms with E-state index in [4.69, 9.17) is 11.6 Å². The zero-order valence-electron chi connectivity index (χ0n) is 10.3. The van der Waals surface area contributed by atoms with E-state index in [0.29, 0.717) is 17.1 Å². The van der Waals surface area contributed by atoms with E-state index in [1.165, 1.54) is 11.3 Å². The number of thiazole rings is 1. The molecule has 3 nitrogen and oxygen atoms in total. The molecule has 0 aliphatic heterocycles. The van der Waals surface area contributed by atoms with Crippen LogP contribution in [-0.4, -0.2) is 22.2 Å². The number of aromatic nitrogens is 1. The van der Waals surface area contributed by atoms with Gasteiger partial charge < -0.3 is 10.4 Å². The van der Waals surface area contributed by atoms with Gasteiger partial charge in [0.1, 0.15) is 5.15 Å². The van der Waals surface area contributed by atoms with Crippen molar-refractivity contribution in [2.24, 2.45) is 5.41 Å². The van der Waals surface area contributed by atoms with E-state index in [2.05, 4.69) is 24.1 Å². The summed E-state index contributed by atoms with van der Waals surface area (Å²) in [7, 11) is 0. The van der Waals surface area contributed by atoms with E-state index in [0.717, 1.165) is 30.8 Å². The molecule has 1 aromatic heterocycles. The second-order valence-electron chi connectivity index (χ2n) is 5.72. The Labute approximate surface area is 111 Å². The molecular formula is C12H19ClN2OS. The molecule has 2 rings (SSSR count). The van der Waals surface area contributed by atoms with E-state index in [9.17, 15) is 5.11 Å². The van der Waals surface area contributed by atoms with Crippen molar-refractivity contribution in [1.82, 2.24) is 4.98 Å². The van der Waals surface area contributed by atoms with Gasteiger partial charge in [0.2, 0.25) is 0 Å². The zero-order chi connectivity index (χ0) is 12.5. The number of hydrogen-bond acceptors (Lipinski definition) is 4. The van der Waals surface area contributed by atoms with Gasteiger partial charge in [0.25, 0.3) is 0 Å². The van der Waals surface area contributed by atoms with Crippen molar-refractivity contribution in [2.75, 3.05) is 11.9 Å². The molecule has 1 aliphatic carbocycles. The van der Waals surface area contributed by atoms with Crippen LogP contribution in [0.2, 0.25) is 5.15 Å². The van der Waals surface area contributed by atoms with E-state index in [1.54, 1.807) is 5.38 Å². The number of hydrogen-bond donors (Lipinski definition) is 2. The normalized spacial score (nSPS) is 22.4. The zero-order valence-corrected chi connectivity index (χ0v) is 11.9. The molecule has 0 atom stereocenters. The maximum Gasteiger partial charge on any atom is 0.184 e. The monoisotopic (exact) mass is 274 g/mol. The van der Waals surface area contributed by atoms with Gasteiger partial charge in [-0.3, -0.25) is 0 Å². The summed E-state index contributed by atoms with van der Waals surface area (Å²) in [6.07, 6.45) is 3.85. The fraction of sp³-hybridized carbons (Fsp3) is 0.750. The quantitative estimate of drug-likeness (QED) is 0.886. The maximum atomic E-state index is 10.5. The minimum Gasteiger partial charge on any atom is -0.388 e. The van der Waals surface area contributed by atoms with E-state index >= 15 is 0 Å². The highest BCUT2D eigenvalue weighted by atomic mass is 35.5. The fourth-order valence-electron chi connectivity index (χ4n) is 2.14. The van der Waals surface area contributed by atoms with Gasteiger partial charge >= 0.3 is 0 Å². The van der Waals surface area contributed by atoms with Crippen LogP contribution in [0.4, 0.5) is 5.13 Å². The molecule has 17 heavy (non-hydrogen) atoms. The molecule has 1 saturated carbocycles. The summed E-state index contributed by atoms with van der Waals surface area (Å²) < 4.78 is 0. The molecule has 2 N–H and O–H groups in total. The summed E-state index contributed by atoms with van der Waals surface area (Å²) in [6, 6.07) is 0. The molecule has 1 aromatic rings. The van der Waals surface area contributed by atoms with E-state index in [-0.39, 0.29) is 0 Å². The van der Waals surface area contributed by atoms with Gasteiger partial charge in [0.15, 0.2) is 5.13 Å². The van der Waals surface area contributed by atoms with Crippen LogP contribution in [0.1, 0.15) is 39.5 Å². The Bertz CT molecular complexity index is 382. The van der Waals surface area contributed by atoms with Crippen LogP contribution in [0.15, 0.2) is 5.38 Å². The number of nitrogens with zero attached hydrogens (tertiary/aromatic N) is 1. The highest BCUT2D eigenvalue weighted by Gasteiger charge is 2.36. The summed E-state index contributed by atoms with van der Waals surface area (Å²) in [5.74, 6) is 0. The molecular weight excluding hydrogens is 256 g/mol. The third-order valence-corrected chi connectivity index (χ3v) is 4.70. The van der Waals surface area contributed by atoms with Crippen molar-refractivity contribution in [3.63, 3.8) is 0 Å². The molecule has 5 heteroatoms. The van der Waals surface area contributed by atoms with Crippen LogP contribution in [0, 0.1) is 5.41 Å². The lowest BCUT2D eigenvalue weighted by Gasteiger charge is -2.40. The summed E-state index contributed by atoms with van der Waals surface area (Å²) in [4.78, 5) is 4.12. The van der Waals surface area contributed by atoms with Gasteiger partial charge in [0, 0.05) is 11.9 Å². The minimum atomic E-state index is -0.590. The summed E-state index contributed by atoms with van der Waals surface area (Å²) in [5, 5.41) is 16.7. The SMILES string of the molecule is CC1(C)CCC(O)(CNc2nc(Cl)cs2)CC1. The average molecular weight is 275 g/mol. The van der Waals surface area contributed by atoms with Gasteiger partial charge in [-0.15, -0.1) is 11.3 Å². The highest BCUT2D eigenvalue weighted by molar-refractivity contribution is 7.14. The lowest BCUT2D eigenvalue weighted by molar-refractivity contribution is -0.0145. The Balaban J connectivity index is 1.87. The summed E-state index contributed by atoms with van der Waals surface area (Å²) in [5.41, 5.74) is -0.218. The smallest absolute Gasteiger partial charge is 0.184 e. The highest BCUT2D eigenvalue weighted by Crippen LogP contribution is 2.40.